The van der Waals surface area contributed by atoms with Gasteiger partial charge in [0, 0.05) is 17.4 Å². The molecule has 0 radical (unpaired) electrons. The summed E-state index contributed by atoms with van der Waals surface area (Å²) in [7, 11) is -3.44. The Bertz CT molecular complexity index is 962. The van der Waals surface area contributed by atoms with Crippen LogP contribution in [-0.4, -0.2) is 40.3 Å². The monoisotopic (exact) mass is 510 g/mol. The maximum atomic E-state index is 12.2. The van der Waals surface area contributed by atoms with Crippen LogP contribution in [0.2, 0.25) is 0 Å². The van der Waals surface area contributed by atoms with Crippen molar-refractivity contribution in [3.63, 3.8) is 0 Å². The zero-order valence-electron chi connectivity index (χ0n) is 18.4. The third-order valence-corrected chi connectivity index (χ3v) is 6.83. The molecule has 0 aliphatic heterocycles. The Morgan fingerprint density at radius 1 is 1.16 bits per heavy atom. The van der Waals surface area contributed by atoms with Crippen LogP contribution in [-0.2, 0) is 21.2 Å². The van der Waals surface area contributed by atoms with Crippen molar-refractivity contribution in [1.29, 1.82) is 0 Å². The smallest absolute Gasteiger partial charge is 0.232 e. The molecule has 0 atom stereocenters. The van der Waals surface area contributed by atoms with Crippen molar-refractivity contribution >= 4 is 37.5 Å². The third-order valence-electron chi connectivity index (χ3n) is 4.75. The predicted molar refractivity (Wildman–Crippen MR) is 129 cm³/mol. The number of amides is 1. The minimum Gasteiger partial charge on any atom is -0.492 e. The van der Waals surface area contributed by atoms with Crippen molar-refractivity contribution in [3.05, 3.63) is 58.1 Å². The fourth-order valence-electron chi connectivity index (χ4n) is 3.14. The van der Waals surface area contributed by atoms with E-state index >= 15 is 0 Å². The first kappa shape index (κ1) is 25.2. The number of nitrogens with zero attached hydrogens (tertiary/aromatic N) is 1. The molecule has 2 rings (SSSR count). The molecule has 170 valence electrons. The van der Waals surface area contributed by atoms with Gasteiger partial charge in [0.05, 0.1) is 18.5 Å². The maximum absolute atomic E-state index is 12.2. The van der Waals surface area contributed by atoms with Gasteiger partial charge in [-0.2, -0.15) is 0 Å². The first-order chi connectivity index (χ1) is 14.7. The predicted octanol–water partition coefficient (Wildman–Crippen LogP) is 4.45. The lowest BCUT2D eigenvalue weighted by atomic mass is 10.1. The molecule has 0 aliphatic carbocycles. The number of aryl methyl sites for hydroxylation is 2. The van der Waals surface area contributed by atoms with E-state index in [0.717, 1.165) is 28.6 Å². The number of anilines is 1. The Morgan fingerprint density at radius 3 is 2.48 bits per heavy atom. The molecule has 0 saturated carbocycles. The molecule has 2 aromatic rings. The van der Waals surface area contributed by atoms with Crippen LogP contribution in [0.3, 0.4) is 0 Å². The zero-order valence-corrected chi connectivity index (χ0v) is 20.8. The second-order valence-electron chi connectivity index (χ2n) is 7.46. The van der Waals surface area contributed by atoms with E-state index in [1.807, 2.05) is 31.2 Å². The van der Waals surface area contributed by atoms with E-state index in [0.29, 0.717) is 25.3 Å². The van der Waals surface area contributed by atoms with E-state index in [4.69, 9.17) is 4.74 Å². The summed E-state index contributed by atoms with van der Waals surface area (Å²) in [5.74, 6) is 0.657. The zero-order chi connectivity index (χ0) is 22.9. The molecule has 1 N–H and O–H groups in total. The molecule has 0 heterocycles. The molecule has 0 aromatic heterocycles. The number of rotatable bonds is 12. The number of benzene rings is 2. The van der Waals surface area contributed by atoms with Crippen molar-refractivity contribution in [2.75, 3.05) is 30.3 Å². The number of sulfonamides is 1. The van der Waals surface area contributed by atoms with Gasteiger partial charge < -0.3 is 10.1 Å². The number of nitrogens with one attached hydrogen (secondary N) is 1. The highest BCUT2D eigenvalue weighted by atomic mass is 79.9. The van der Waals surface area contributed by atoms with Gasteiger partial charge in [-0.25, -0.2) is 8.42 Å². The number of carbonyl (C=O) groups is 1. The standard InChI is InChI=1S/C23H31BrN2O4S/c1-4-6-19-8-11-21(12-9-19)30-16-14-25-23(27)7-5-15-26(31(3,28)29)20-10-13-22(24)18(2)17-20/h8-13,17H,4-7,14-16H2,1-3H3,(H,25,27). The Hall–Kier alpha value is -2.06. The van der Waals surface area contributed by atoms with Crippen molar-refractivity contribution in [1.82, 2.24) is 5.32 Å². The number of carbonyl (C=O) groups excluding carboxylic acids is 1. The van der Waals surface area contributed by atoms with Gasteiger partial charge in [0.25, 0.3) is 0 Å². The third kappa shape index (κ3) is 8.53. The van der Waals surface area contributed by atoms with Crippen LogP contribution < -0.4 is 14.4 Å². The first-order valence-electron chi connectivity index (χ1n) is 10.4. The van der Waals surface area contributed by atoms with Gasteiger partial charge in [-0.05, 0) is 61.2 Å². The highest BCUT2D eigenvalue weighted by Crippen LogP contribution is 2.25. The van der Waals surface area contributed by atoms with E-state index in [9.17, 15) is 13.2 Å². The molecule has 2 aromatic carbocycles. The number of ether oxygens (including phenoxy) is 1. The van der Waals surface area contributed by atoms with Gasteiger partial charge >= 0.3 is 0 Å². The largest absolute Gasteiger partial charge is 0.492 e. The Morgan fingerprint density at radius 2 is 1.87 bits per heavy atom. The highest BCUT2D eigenvalue weighted by molar-refractivity contribution is 9.10. The number of halogens is 1. The van der Waals surface area contributed by atoms with E-state index in [2.05, 4.69) is 40.3 Å². The Kier molecular flexibility index (Phi) is 9.84. The minimum atomic E-state index is -3.44. The van der Waals surface area contributed by atoms with E-state index in [1.165, 1.54) is 16.1 Å². The molecule has 0 fully saturated rings. The summed E-state index contributed by atoms with van der Waals surface area (Å²) >= 11 is 3.42. The second-order valence-corrected chi connectivity index (χ2v) is 10.2. The molecule has 0 unspecified atom stereocenters. The van der Waals surface area contributed by atoms with Gasteiger partial charge in [0.1, 0.15) is 12.4 Å². The van der Waals surface area contributed by atoms with Crippen molar-refractivity contribution < 1.29 is 17.9 Å². The average molecular weight is 511 g/mol. The van der Waals surface area contributed by atoms with E-state index in [1.54, 1.807) is 6.07 Å². The molecule has 1 amide bonds. The Balaban J connectivity index is 1.74. The van der Waals surface area contributed by atoms with E-state index in [-0.39, 0.29) is 18.9 Å². The van der Waals surface area contributed by atoms with Crippen LogP contribution in [0.25, 0.3) is 0 Å². The van der Waals surface area contributed by atoms with Crippen molar-refractivity contribution in [3.8, 4) is 5.75 Å². The van der Waals surface area contributed by atoms with Gasteiger partial charge in [0.2, 0.25) is 15.9 Å². The number of hydrogen-bond donors (Lipinski definition) is 1. The summed E-state index contributed by atoms with van der Waals surface area (Å²) in [6, 6.07) is 13.4. The van der Waals surface area contributed by atoms with Crippen molar-refractivity contribution in [2.24, 2.45) is 0 Å². The van der Waals surface area contributed by atoms with Crippen LogP contribution in [0.5, 0.6) is 5.75 Å². The summed E-state index contributed by atoms with van der Waals surface area (Å²) < 4.78 is 32.3. The summed E-state index contributed by atoms with van der Waals surface area (Å²) in [5.41, 5.74) is 2.83. The molecule has 6 nitrogen and oxygen atoms in total. The molecule has 0 aliphatic rings. The molecular weight excluding hydrogens is 480 g/mol. The SMILES string of the molecule is CCCc1ccc(OCCNC(=O)CCCN(c2ccc(Br)c(C)c2)S(C)(=O)=O)cc1. The normalized spacial score (nSPS) is 11.2. The average Bonchev–Trinajstić information content (AvgIpc) is 2.71. The maximum Gasteiger partial charge on any atom is 0.232 e. The van der Waals surface area contributed by atoms with Crippen LogP contribution in [0.15, 0.2) is 46.9 Å². The molecule has 31 heavy (non-hydrogen) atoms. The fourth-order valence-corrected chi connectivity index (χ4v) is 4.35. The van der Waals surface area contributed by atoms with Gasteiger partial charge in [-0.3, -0.25) is 9.10 Å². The fraction of sp³-hybridized carbons (Fsp3) is 0.435. The van der Waals surface area contributed by atoms with Gasteiger partial charge in [-0.1, -0.05) is 41.4 Å². The summed E-state index contributed by atoms with van der Waals surface area (Å²) in [5, 5.41) is 2.82. The topological polar surface area (TPSA) is 75.7 Å². The molecule has 0 saturated heterocycles. The number of hydrogen-bond acceptors (Lipinski definition) is 4. The minimum absolute atomic E-state index is 0.123. The lowest BCUT2D eigenvalue weighted by Crippen LogP contribution is -2.33. The van der Waals surface area contributed by atoms with Crippen LogP contribution in [0.1, 0.15) is 37.3 Å². The summed E-state index contributed by atoms with van der Waals surface area (Å²) in [6.45, 7) is 5.08. The van der Waals surface area contributed by atoms with Crippen LogP contribution in [0, 0.1) is 6.92 Å². The molecular formula is C23H31BrN2O4S. The molecule has 0 bridgehead atoms. The van der Waals surface area contributed by atoms with Gasteiger partial charge in [0.15, 0.2) is 0 Å². The second kappa shape index (κ2) is 12.1. The first-order valence-corrected chi connectivity index (χ1v) is 13.1. The lowest BCUT2D eigenvalue weighted by molar-refractivity contribution is -0.121. The van der Waals surface area contributed by atoms with Crippen LogP contribution >= 0.6 is 15.9 Å². The van der Waals surface area contributed by atoms with Crippen molar-refractivity contribution in [2.45, 2.75) is 39.5 Å². The highest BCUT2D eigenvalue weighted by Gasteiger charge is 2.18. The molecule has 8 heteroatoms. The van der Waals surface area contributed by atoms with Crippen LogP contribution in [0.4, 0.5) is 5.69 Å². The summed E-state index contributed by atoms with van der Waals surface area (Å²) in [4.78, 5) is 12.1. The Labute approximate surface area is 194 Å². The lowest BCUT2D eigenvalue weighted by Gasteiger charge is -2.23. The van der Waals surface area contributed by atoms with Gasteiger partial charge in [-0.15, -0.1) is 0 Å². The molecule has 0 spiro atoms. The van der Waals surface area contributed by atoms with E-state index < -0.39 is 10.0 Å². The quantitative estimate of drug-likeness (QED) is 0.428. The summed E-state index contributed by atoms with van der Waals surface area (Å²) in [6.07, 6.45) is 4.00.